The summed E-state index contributed by atoms with van der Waals surface area (Å²) in [7, 11) is 3.13. The third kappa shape index (κ3) is 5.33. The van der Waals surface area contributed by atoms with Crippen LogP contribution in [-0.4, -0.2) is 29.7 Å². The molecule has 2 heterocycles. The van der Waals surface area contributed by atoms with E-state index in [1.807, 2.05) is 19.9 Å². The van der Waals surface area contributed by atoms with Crippen molar-refractivity contribution in [1.82, 2.24) is 9.55 Å². The molecule has 0 fully saturated rings. The highest BCUT2D eigenvalue weighted by atomic mass is 79.9. The molecule has 42 heavy (non-hydrogen) atoms. The van der Waals surface area contributed by atoms with Gasteiger partial charge in [-0.3, -0.25) is 19.1 Å². The van der Waals surface area contributed by atoms with Crippen molar-refractivity contribution in [3.05, 3.63) is 110 Å². The largest absolute Gasteiger partial charge is 0.493 e. The van der Waals surface area contributed by atoms with Gasteiger partial charge in [0.25, 0.3) is 11.5 Å². The fourth-order valence-corrected chi connectivity index (χ4v) is 5.01. The second-order valence-corrected chi connectivity index (χ2v) is 10.4. The molecule has 0 saturated heterocycles. The first-order valence-electron chi connectivity index (χ1n) is 12.9. The molecule has 0 radical (unpaired) electrons. The standard InChI is InChI=1S/C32H27BrFN3O5/c1-17-18(2)26(42-27-12-13-35-25-15-29(41-5)28(40-4)14-22(25)27)11-10-24(17)36-31(38)30-19(3)23(33)16-37(32(30)39)21-8-6-20(34)7-9-21/h6-16H,1-5H3,(H,36,38). The minimum Gasteiger partial charge on any atom is -0.493 e. The maximum atomic E-state index is 13.5. The van der Waals surface area contributed by atoms with E-state index in [1.165, 1.54) is 28.8 Å². The summed E-state index contributed by atoms with van der Waals surface area (Å²) in [6.07, 6.45) is 3.22. The first-order chi connectivity index (χ1) is 20.1. The van der Waals surface area contributed by atoms with Gasteiger partial charge in [-0.2, -0.15) is 0 Å². The molecule has 0 unspecified atom stereocenters. The molecule has 0 aliphatic rings. The van der Waals surface area contributed by atoms with E-state index < -0.39 is 17.3 Å². The topological polar surface area (TPSA) is 91.7 Å². The second kappa shape index (κ2) is 11.7. The normalized spacial score (nSPS) is 10.9. The number of methoxy groups -OCH3 is 2. The number of carbonyl (C=O) groups is 1. The molecule has 1 N–H and O–H groups in total. The minimum atomic E-state index is -0.563. The summed E-state index contributed by atoms with van der Waals surface area (Å²) >= 11 is 3.45. The zero-order chi connectivity index (χ0) is 30.1. The van der Waals surface area contributed by atoms with E-state index in [4.69, 9.17) is 14.2 Å². The van der Waals surface area contributed by atoms with Gasteiger partial charge in [-0.1, -0.05) is 0 Å². The third-order valence-corrected chi connectivity index (χ3v) is 7.95. The molecule has 5 rings (SSSR count). The van der Waals surface area contributed by atoms with Gasteiger partial charge in [0, 0.05) is 39.7 Å². The Labute approximate surface area is 249 Å². The second-order valence-electron chi connectivity index (χ2n) is 9.58. The number of amides is 1. The molecule has 8 nitrogen and oxygen atoms in total. The lowest BCUT2D eigenvalue weighted by molar-refractivity contribution is 0.102. The number of pyridine rings is 2. The zero-order valence-corrected chi connectivity index (χ0v) is 25.1. The number of fused-ring (bicyclic) bond motifs is 1. The van der Waals surface area contributed by atoms with E-state index in [1.54, 1.807) is 57.8 Å². The van der Waals surface area contributed by atoms with Gasteiger partial charge >= 0.3 is 0 Å². The summed E-state index contributed by atoms with van der Waals surface area (Å²) in [6.45, 7) is 5.44. The van der Waals surface area contributed by atoms with Gasteiger partial charge in [-0.05, 0) is 102 Å². The lowest BCUT2D eigenvalue weighted by Gasteiger charge is -2.17. The lowest BCUT2D eigenvalue weighted by Crippen LogP contribution is -2.30. The monoisotopic (exact) mass is 631 g/mol. The number of nitrogens with zero attached hydrogens (tertiary/aromatic N) is 2. The average molecular weight is 632 g/mol. The molecule has 0 aliphatic carbocycles. The van der Waals surface area contributed by atoms with Crippen LogP contribution in [0.4, 0.5) is 10.1 Å². The number of anilines is 1. The van der Waals surface area contributed by atoms with Crippen molar-refractivity contribution >= 4 is 38.4 Å². The van der Waals surface area contributed by atoms with Crippen LogP contribution >= 0.6 is 15.9 Å². The van der Waals surface area contributed by atoms with Crippen LogP contribution in [0.2, 0.25) is 0 Å². The summed E-state index contributed by atoms with van der Waals surface area (Å²) < 4.78 is 32.5. The Morgan fingerprint density at radius 3 is 2.26 bits per heavy atom. The van der Waals surface area contributed by atoms with Crippen LogP contribution in [0.15, 0.2) is 76.3 Å². The van der Waals surface area contributed by atoms with E-state index in [-0.39, 0.29) is 5.56 Å². The molecule has 0 aliphatic heterocycles. The summed E-state index contributed by atoms with van der Waals surface area (Å²) in [5, 5.41) is 3.63. The SMILES string of the molecule is COc1cc2nccc(Oc3ccc(NC(=O)c4c(C)c(Br)cn(-c5ccc(F)cc5)c4=O)c(C)c3C)c2cc1OC. The summed E-state index contributed by atoms with van der Waals surface area (Å²) in [5.41, 5.74) is 3.15. The third-order valence-electron chi connectivity index (χ3n) is 7.15. The number of nitrogens with one attached hydrogen (secondary N) is 1. The molecule has 0 bridgehead atoms. The number of benzene rings is 3. The van der Waals surface area contributed by atoms with E-state index in [0.717, 1.165) is 16.5 Å². The highest BCUT2D eigenvalue weighted by Crippen LogP contribution is 2.38. The van der Waals surface area contributed by atoms with Crippen molar-refractivity contribution in [2.75, 3.05) is 19.5 Å². The number of aromatic nitrogens is 2. The highest BCUT2D eigenvalue weighted by Gasteiger charge is 2.21. The fraction of sp³-hybridized carbons (Fsp3) is 0.156. The highest BCUT2D eigenvalue weighted by molar-refractivity contribution is 9.10. The van der Waals surface area contributed by atoms with E-state index in [0.29, 0.717) is 49.9 Å². The molecule has 3 aromatic carbocycles. The Morgan fingerprint density at radius 1 is 0.881 bits per heavy atom. The Bertz CT molecular complexity index is 1900. The molecular weight excluding hydrogens is 605 g/mol. The van der Waals surface area contributed by atoms with E-state index >= 15 is 0 Å². The summed E-state index contributed by atoms with van der Waals surface area (Å²) in [4.78, 5) is 31.3. The number of hydrogen-bond acceptors (Lipinski definition) is 6. The lowest BCUT2D eigenvalue weighted by atomic mass is 10.1. The van der Waals surface area contributed by atoms with Crippen molar-refractivity contribution in [1.29, 1.82) is 0 Å². The first-order valence-corrected chi connectivity index (χ1v) is 13.7. The van der Waals surface area contributed by atoms with Gasteiger partial charge in [0.05, 0.1) is 19.7 Å². The maximum Gasteiger partial charge on any atom is 0.268 e. The maximum absolute atomic E-state index is 13.5. The van der Waals surface area contributed by atoms with Crippen molar-refractivity contribution in [3.8, 4) is 28.7 Å². The van der Waals surface area contributed by atoms with Crippen molar-refractivity contribution in [2.24, 2.45) is 0 Å². The summed E-state index contributed by atoms with van der Waals surface area (Å²) in [6, 6.07) is 14.3. The van der Waals surface area contributed by atoms with Gasteiger partial charge < -0.3 is 19.5 Å². The first kappa shape index (κ1) is 28.8. The van der Waals surface area contributed by atoms with Gasteiger partial charge in [0.2, 0.25) is 0 Å². The number of rotatable bonds is 7. The summed E-state index contributed by atoms with van der Waals surface area (Å²) in [5.74, 6) is 1.29. The Kier molecular flexibility index (Phi) is 8.00. The van der Waals surface area contributed by atoms with E-state index in [2.05, 4.69) is 26.2 Å². The van der Waals surface area contributed by atoms with Crippen molar-refractivity contribution < 1.29 is 23.4 Å². The average Bonchev–Trinajstić information content (AvgIpc) is 2.98. The molecule has 10 heteroatoms. The molecule has 2 aromatic heterocycles. The van der Waals surface area contributed by atoms with Gasteiger partial charge in [0.15, 0.2) is 11.5 Å². The number of carbonyl (C=O) groups excluding carboxylic acids is 1. The van der Waals surface area contributed by atoms with Crippen LogP contribution in [-0.2, 0) is 0 Å². The van der Waals surface area contributed by atoms with Gasteiger partial charge in [-0.15, -0.1) is 0 Å². The molecular formula is C32H27BrFN3O5. The van der Waals surface area contributed by atoms with Gasteiger partial charge in [-0.25, -0.2) is 4.39 Å². The van der Waals surface area contributed by atoms with E-state index in [9.17, 15) is 14.0 Å². The molecule has 214 valence electrons. The quantitative estimate of drug-likeness (QED) is 0.203. The van der Waals surface area contributed by atoms with Crippen LogP contribution in [0.25, 0.3) is 16.6 Å². The van der Waals surface area contributed by atoms with Crippen molar-refractivity contribution in [3.63, 3.8) is 0 Å². The Hall–Kier alpha value is -4.70. The minimum absolute atomic E-state index is 0.0290. The predicted octanol–water partition coefficient (Wildman–Crippen LogP) is 7.27. The number of halogens is 2. The van der Waals surface area contributed by atoms with Crippen LogP contribution in [0.3, 0.4) is 0 Å². The molecule has 1 amide bonds. The Morgan fingerprint density at radius 2 is 1.57 bits per heavy atom. The number of ether oxygens (including phenoxy) is 3. The van der Waals surface area contributed by atoms with Crippen LogP contribution in [0.1, 0.15) is 27.0 Å². The van der Waals surface area contributed by atoms with Gasteiger partial charge in [0.1, 0.15) is 22.9 Å². The predicted molar refractivity (Wildman–Crippen MR) is 163 cm³/mol. The molecule has 0 spiro atoms. The van der Waals surface area contributed by atoms with Crippen LogP contribution < -0.4 is 25.1 Å². The molecule has 0 saturated carbocycles. The number of hydrogen-bond donors (Lipinski definition) is 1. The van der Waals surface area contributed by atoms with Crippen LogP contribution in [0, 0.1) is 26.6 Å². The smallest absolute Gasteiger partial charge is 0.268 e. The van der Waals surface area contributed by atoms with Crippen LogP contribution in [0.5, 0.6) is 23.0 Å². The van der Waals surface area contributed by atoms with Crippen molar-refractivity contribution in [2.45, 2.75) is 20.8 Å². The fourth-order valence-electron chi connectivity index (χ4n) is 4.61. The Balaban J connectivity index is 1.46. The molecule has 5 aromatic rings. The molecule has 0 atom stereocenters. The zero-order valence-electron chi connectivity index (χ0n) is 23.5.